The van der Waals surface area contributed by atoms with Crippen LogP contribution in [0, 0.1) is 6.92 Å². The number of aryl methyl sites for hydroxylation is 1. The third-order valence-corrected chi connectivity index (χ3v) is 2.49. The average molecular weight is 215 g/mol. The van der Waals surface area contributed by atoms with Crippen LogP contribution in [0.3, 0.4) is 0 Å². The predicted molar refractivity (Wildman–Crippen MR) is 65.3 cm³/mol. The fourth-order valence-electron chi connectivity index (χ4n) is 1.79. The van der Waals surface area contributed by atoms with Crippen LogP contribution in [-0.2, 0) is 13.1 Å². The lowest BCUT2D eigenvalue weighted by Crippen LogP contribution is -2.05. The van der Waals surface area contributed by atoms with E-state index < -0.39 is 0 Å². The van der Waals surface area contributed by atoms with Crippen LogP contribution in [0.4, 0.5) is 0 Å². The maximum atomic E-state index is 4.32. The summed E-state index contributed by atoms with van der Waals surface area (Å²) in [6.45, 7) is 3.82. The first-order valence-corrected chi connectivity index (χ1v) is 5.49. The van der Waals surface area contributed by atoms with Crippen molar-refractivity contribution in [3.8, 4) is 0 Å². The maximum Gasteiger partial charge on any atom is 0.0953 e. The van der Waals surface area contributed by atoms with Gasteiger partial charge in [-0.15, -0.1) is 0 Å². The van der Waals surface area contributed by atoms with Gasteiger partial charge in [-0.05, 0) is 19.5 Å². The Morgan fingerprint density at radius 2 is 2.25 bits per heavy atom. The Labute approximate surface area is 96.1 Å². The van der Waals surface area contributed by atoms with Gasteiger partial charge in [-0.25, -0.2) is 4.98 Å². The quantitative estimate of drug-likeness (QED) is 0.845. The maximum absolute atomic E-state index is 4.32. The van der Waals surface area contributed by atoms with Crippen LogP contribution < -0.4 is 5.32 Å². The zero-order chi connectivity index (χ0) is 11.4. The molecule has 1 N–H and O–H groups in total. The fourth-order valence-corrected chi connectivity index (χ4v) is 1.79. The summed E-state index contributed by atoms with van der Waals surface area (Å²) in [5.74, 6) is 0. The van der Waals surface area contributed by atoms with Gasteiger partial charge in [0, 0.05) is 19.3 Å². The summed E-state index contributed by atoms with van der Waals surface area (Å²) in [5, 5.41) is 3.09. The largest absolute Gasteiger partial charge is 0.333 e. The lowest BCUT2D eigenvalue weighted by molar-refractivity contribution is 0.781. The molecule has 0 unspecified atom stereocenters. The van der Waals surface area contributed by atoms with Crippen LogP contribution in [-0.4, -0.2) is 16.6 Å². The molecule has 2 rings (SSSR count). The molecule has 1 heterocycles. The predicted octanol–water partition coefficient (Wildman–Crippen LogP) is 1.96. The van der Waals surface area contributed by atoms with Gasteiger partial charge in [-0.1, -0.05) is 29.8 Å². The molecule has 2 aromatic rings. The van der Waals surface area contributed by atoms with Gasteiger partial charge in [0.05, 0.1) is 12.0 Å². The topological polar surface area (TPSA) is 29.9 Å². The number of imidazole rings is 1. The molecule has 3 heteroatoms. The van der Waals surface area contributed by atoms with Gasteiger partial charge in [-0.2, -0.15) is 0 Å². The second kappa shape index (κ2) is 4.94. The molecule has 0 saturated carbocycles. The molecule has 0 bridgehead atoms. The van der Waals surface area contributed by atoms with Crippen molar-refractivity contribution in [2.45, 2.75) is 20.0 Å². The number of rotatable bonds is 4. The number of nitrogens with zero attached hydrogens (tertiary/aromatic N) is 2. The average Bonchev–Trinajstić information content (AvgIpc) is 2.66. The number of nitrogens with one attached hydrogen (secondary N) is 1. The summed E-state index contributed by atoms with van der Waals surface area (Å²) in [4.78, 5) is 4.32. The summed E-state index contributed by atoms with van der Waals surface area (Å²) in [7, 11) is 1.93. The Morgan fingerprint density at radius 3 is 3.00 bits per heavy atom. The minimum Gasteiger partial charge on any atom is -0.333 e. The highest BCUT2D eigenvalue weighted by molar-refractivity contribution is 5.22. The molecular formula is C13H17N3. The zero-order valence-electron chi connectivity index (χ0n) is 9.77. The van der Waals surface area contributed by atoms with E-state index in [1.54, 1.807) is 0 Å². The van der Waals surface area contributed by atoms with E-state index in [2.05, 4.69) is 52.3 Å². The summed E-state index contributed by atoms with van der Waals surface area (Å²) in [6, 6.07) is 8.56. The van der Waals surface area contributed by atoms with Gasteiger partial charge in [0.25, 0.3) is 0 Å². The van der Waals surface area contributed by atoms with Crippen molar-refractivity contribution in [2.75, 3.05) is 7.05 Å². The lowest BCUT2D eigenvalue weighted by atomic mass is 10.1. The summed E-state index contributed by atoms with van der Waals surface area (Å²) >= 11 is 0. The molecular weight excluding hydrogens is 198 g/mol. The van der Waals surface area contributed by atoms with Crippen LogP contribution in [0.25, 0.3) is 0 Å². The van der Waals surface area contributed by atoms with Crippen LogP contribution in [0.2, 0.25) is 0 Å². The minimum absolute atomic E-state index is 0.820. The summed E-state index contributed by atoms with van der Waals surface area (Å²) in [5.41, 5.74) is 3.69. The van der Waals surface area contributed by atoms with Crippen molar-refractivity contribution in [3.05, 3.63) is 53.6 Å². The molecule has 0 aliphatic rings. The van der Waals surface area contributed by atoms with Gasteiger partial charge >= 0.3 is 0 Å². The highest BCUT2D eigenvalue weighted by Gasteiger charge is 1.98. The highest BCUT2D eigenvalue weighted by atomic mass is 15.0. The van der Waals surface area contributed by atoms with E-state index in [9.17, 15) is 0 Å². The molecule has 3 nitrogen and oxygen atoms in total. The Kier molecular flexibility index (Phi) is 3.37. The van der Waals surface area contributed by atoms with Gasteiger partial charge in [0.15, 0.2) is 0 Å². The van der Waals surface area contributed by atoms with E-state index in [1.807, 2.05) is 13.4 Å². The van der Waals surface area contributed by atoms with Crippen molar-refractivity contribution in [2.24, 2.45) is 0 Å². The van der Waals surface area contributed by atoms with Crippen molar-refractivity contribution in [3.63, 3.8) is 0 Å². The van der Waals surface area contributed by atoms with E-state index in [1.165, 1.54) is 11.1 Å². The van der Waals surface area contributed by atoms with E-state index >= 15 is 0 Å². The Bertz CT molecular complexity index is 460. The zero-order valence-corrected chi connectivity index (χ0v) is 9.77. The minimum atomic E-state index is 0.820. The standard InChI is InChI=1S/C13H17N3/c1-11-4-3-5-12(6-11)8-16-9-13(7-14-2)15-10-16/h3-6,9-10,14H,7-8H2,1-2H3. The normalized spacial score (nSPS) is 10.6. The molecule has 0 aliphatic carbocycles. The van der Waals surface area contributed by atoms with Crippen LogP contribution in [0.5, 0.6) is 0 Å². The molecule has 1 aromatic heterocycles. The van der Waals surface area contributed by atoms with Crippen molar-refractivity contribution in [1.29, 1.82) is 0 Å². The first kappa shape index (κ1) is 10.9. The number of aromatic nitrogens is 2. The van der Waals surface area contributed by atoms with E-state index in [0.29, 0.717) is 0 Å². The van der Waals surface area contributed by atoms with Crippen molar-refractivity contribution in [1.82, 2.24) is 14.9 Å². The van der Waals surface area contributed by atoms with Gasteiger partial charge < -0.3 is 9.88 Å². The van der Waals surface area contributed by atoms with Crippen molar-refractivity contribution >= 4 is 0 Å². The second-order valence-electron chi connectivity index (χ2n) is 4.06. The molecule has 0 radical (unpaired) electrons. The SMILES string of the molecule is CNCc1cn(Cc2cccc(C)c2)cn1. The molecule has 16 heavy (non-hydrogen) atoms. The molecule has 0 amide bonds. The third kappa shape index (κ3) is 2.70. The van der Waals surface area contributed by atoms with E-state index in [-0.39, 0.29) is 0 Å². The fraction of sp³-hybridized carbons (Fsp3) is 0.308. The molecule has 0 spiro atoms. The molecule has 1 aromatic carbocycles. The number of hydrogen-bond acceptors (Lipinski definition) is 2. The third-order valence-electron chi connectivity index (χ3n) is 2.49. The van der Waals surface area contributed by atoms with E-state index in [4.69, 9.17) is 0 Å². The second-order valence-corrected chi connectivity index (χ2v) is 4.06. The first-order chi connectivity index (χ1) is 7.78. The smallest absolute Gasteiger partial charge is 0.0953 e. The molecule has 0 saturated heterocycles. The molecule has 0 fully saturated rings. The number of hydrogen-bond donors (Lipinski definition) is 1. The molecule has 84 valence electrons. The van der Waals surface area contributed by atoms with Crippen LogP contribution in [0.1, 0.15) is 16.8 Å². The Balaban J connectivity index is 2.08. The van der Waals surface area contributed by atoms with Gasteiger partial charge in [0.1, 0.15) is 0 Å². The Morgan fingerprint density at radius 1 is 1.38 bits per heavy atom. The molecule has 0 atom stereocenters. The first-order valence-electron chi connectivity index (χ1n) is 5.49. The van der Waals surface area contributed by atoms with E-state index in [0.717, 1.165) is 18.8 Å². The van der Waals surface area contributed by atoms with Gasteiger partial charge in [0.2, 0.25) is 0 Å². The monoisotopic (exact) mass is 215 g/mol. The Hall–Kier alpha value is -1.61. The van der Waals surface area contributed by atoms with Crippen LogP contribution >= 0.6 is 0 Å². The summed E-state index contributed by atoms with van der Waals surface area (Å²) < 4.78 is 2.11. The number of benzene rings is 1. The van der Waals surface area contributed by atoms with Crippen LogP contribution in [0.15, 0.2) is 36.8 Å². The lowest BCUT2D eigenvalue weighted by Gasteiger charge is -2.03. The molecule has 0 aliphatic heterocycles. The highest BCUT2D eigenvalue weighted by Crippen LogP contribution is 2.06. The van der Waals surface area contributed by atoms with Gasteiger partial charge in [-0.3, -0.25) is 0 Å². The van der Waals surface area contributed by atoms with Crippen molar-refractivity contribution < 1.29 is 0 Å². The summed E-state index contributed by atoms with van der Waals surface area (Å²) in [6.07, 6.45) is 3.97.